The van der Waals surface area contributed by atoms with E-state index in [-0.39, 0.29) is 11.7 Å². The summed E-state index contributed by atoms with van der Waals surface area (Å²) in [5.41, 5.74) is 4.82. The molecule has 1 amide bonds. The fourth-order valence-electron chi connectivity index (χ4n) is 7.26. The van der Waals surface area contributed by atoms with E-state index in [1.165, 1.54) is 37.8 Å². The van der Waals surface area contributed by atoms with Crippen LogP contribution in [-0.4, -0.2) is 41.7 Å². The van der Waals surface area contributed by atoms with Crippen molar-refractivity contribution < 1.29 is 23.5 Å². The number of amides is 1. The topological polar surface area (TPSA) is 80.8 Å². The number of carbonyl (C=O) groups is 2. The first kappa shape index (κ1) is 34.6. The first-order valence-corrected chi connectivity index (χ1v) is 17.0. The highest BCUT2D eigenvalue weighted by atomic mass is 19.1. The van der Waals surface area contributed by atoms with Gasteiger partial charge < -0.3 is 19.7 Å². The van der Waals surface area contributed by atoms with Gasteiger partial charge in [0.1, 0.15) is 5.82 Å². The van der Waals surface area contributed by atoms with Gasteiger partial charge in [-0.25, -0.2) is 9.18 Å². The van der Waals surface area contributed by atoms with Crippen LogP contribution < -0.4 is 10.2 Å². The Hall–Kier alpha value is -3.78. The average Bonchev–Trinajstić information content (AvgIpc) is 3.46. The molecule has 1 aromatic heterocycles. The monoisotopic (exact) mass is 643 g/mol. The van der Waals surface area contributed by atoms with Gasteiger partial charge >= 0.3 is 5.97 Å². The number of carbonyl (C=O) groups excluding carboxylic acids is 2. The number of hydrogen-bond acceptors (Lipinski definition) is 6. The minimum Gasteiger partial charge on any atom is -0.461 e. The van der Waals surface area contributed by atoms with Crippen LogP contribution in [0.3, 0.4) is 0 Å². The van der Waals surface area contributed by atoms with Crippen LogP contribution in [-0.2, 0) is 20.8 Å². The number of anilines is 1. The van der Waals surface area contributed by atoms with E-state index in [1.807, 2.05) is 78.8 Å². The number of halogens is 1. The molecule has 2 heterocycles. The van der Waals surface area contributed by atoms with E-state index < -0.39 is 29.4 Å². The number of pyridine rings is 1. The zero-order valence-corrected chi connectivity index (χ0v) is 29.0. The molecule has 0 radical (unpaired) electrons. The lowest BCUT2D eigenvalue weighted by atomic mass is 9.76. The number of nitrogens with one attached hydrogen (secondary N) is 1. The maximum atomic E-state index is 15.9. The van der Waals surface area contributed by atoms with Gasteiger partial charge in [0.2, 0.25) is 0 Å². The van der Waals surface area contributed by atoms with E-state index in [1.54, 1.807) is 6.07 Å². The number of nitrogens with zero attached hydrogens (tertiary/aromatic N) is 2. The van der Waals surface area contributed by atoms with Gasteiger partial charge in [-0.15, -0.1) is 0 Å². The number of hydrogen-bond donors (Lipinski definition) is 1. The number of piperidine rings is 1. The highest BCUT2D eigenvalue weighted by molar-refractivity contribution is 5.96. The molecule has 2 aliphatic rings. The largest absolute Gasteiger partial charge is 0.461 e. The molecule has 5 rings (SSSR count). The Kier molecular flexibility index (Phi) is 10.4. The van der Waals surface area contributed by atoms with Gasteiger partial charge in [0.25, 0.3) is 5.91 Å². The molecule has 0 bridgehead atoms. The summed E-state index contributed by atoms with van der Waals surface area (Å²) in [6.45, 7) is 15.1. The summed E-state index contributed by atoms with van der Waals surface area (Å²) in [6, 6.07) is 14.3. The lowest BCUT2D eigenvalue weighted by molar-refractivity contribution is -0.171. The number of benzene rings is 2. The summed E-state index contributed by atoms with van der Waals surface area (Å²) in [4.78, 5) is 34.1. The Morgan fingerprint density at radius 2 is 1.64 bits per heavy atom. The molecule has 47 heavy (non-hydrogen) atoms. The van der Waals surface area contributed by atoms with Crippen molar-refractivity contribution in [2.45, 2.75) is 111 Å². The van der Waals surface area contributed by atoms with Crippen LogP contribution in [0.15, 0.2) is 48.5 Å². The van der Waals surface area contributed by atoms with E-state index in [4.69, 9.17) is 14.5 Å². The van der Waals surface area contributed by atoms with Crippen molar-refractivity contribution in [2.75, 3.05) is 18.0 Å². The summed E-state index contributed by atoms with van der Waals surface area (Å²) in [7, 11) is 0. The van der Waals surface area contributed by atoms with Crippen LogP contribution in [0.5, 0.6) is 0 Å². The van der Waals surface area contributed by atoms with Crippen LogP contribution in [0, 0.1) is 25.1 Å². The summed E-state index contributed by atoms with van der Waals surface area (Å²) >= 11 is 0. The lowest BCUT2D eigenvalue weighted by Crippen LogP contribution is -2.41. The normalized spacial score (nSPS) is 16.8. The number of aryl methyl sites for hydroxylation is 2. The molecular formula is C39H50FN3O4. The minimum absolute atomic E-state index is 0.0280. The van der Waals surface area contributed by atoms with Crippen molar-refractivity contribution in [1.82, 2.24) is 10.3 Å². The molecule has 2 fully saturated rings. The van der Waals surface area contributed by atoms with Gasteiger partial charge in [-0.2, -0.15) is 0 Å². The molecule has 1 spiro atoms. The van der Waals surface area contributed by atoms with E-state index in [2.05, 4.69) is 10.2 Å². The Labute approximate surface area is 279 Å². The second-order valence-electron chi connectivity index (χ2n) is 14.6. The highest BCUT2D eigenvalue weighted by Crippen LogP contribution is 2.49. The first-order valence-electron chi connectivity index (χ1n) is 17.0. The predicted octanol–water partition coefficient (Wildman–Crippen LogP) is 8.40. The molecule has 3 aromatic rings. The molecule has 1 saturated carbocycles. The van der Waals surface area contributed by atoms with Gasteiger partial charge in [0, 0.05) is 42.1 Å². The van der Waals surface area contributed by atoms with Gasteiger partial charge in [0.15, 0.2) is 6.10 Å². The van der Waals surface area contributed by atoms with Crippen molar-refractivity contribution in [3.8, 4) is 11.1 Å². The van der Waals surface area contributed by atoms with Crippen LogP contribution in [0.4, 0.5) is 10.1 Å². The van der Waals surface area contributed by atoms with Gasteiger partial charge in [0.05, 0.1) is 23.0 Å². The molecule has 2 aromatic carbocycles. The fraction of sp³-hybridized carbons (Fsp3) is 0.513. The summed E-state index contributed by atoms with van der Waals surface area (Å²) in [5.74, 6) is -1.58. The smallest absolute Gasteiger partial charge is 0.340 e. The average molecular weight is 644 g/mol. The minimum atomic E-state index is -1.03. The SMILES string of the molecule is Cc1nc(C)c([C@H](OC(C)(C)C)C(=O)OC(C)C)c(N2CCC3(CCCC3)CC2)c1-c1ccc(C(=O)NCc2ccccc2)c(F)c1. The number of aromatic nitrogens is 1. The van der Waals surface area contributed by atoms with E-state index in [0.717, 1.165) is 48.4 Å². The van der Waals surface area contributed by atoms with Crippen LogP contribution in [0.2, 0.25) is 0 Å². The van der Waals surface area contributed by atoms with E-state index in [9.17, 15) is 9.59 Å². The molecule has 0 unspecified atom stereocenters. The molecule has 252 valence electrons. The van der Waals surface area contributed by atoms with Crippen molar-refractivity contribution in [3.05, 3.63) is 82.4 Å². The maximum absolute atomic E-state index is 15.9. The van der Waals surface area contributed by atoms with Crippen LogP contribution in [0.25, 0.3) is 11.1 Å². The fourth-order valence-corrected chi connectivity index (χ4v) is 7.26. The Morgan fingerprint density at radius 1 is 0.979 bits per heavy atom. The van der Waals surface area contributed by atoms with Gasteiger partial charge in [-0.3, -0.25) is 9.78 Å². The Bertz CT molecular complexity index is 1580. The van der Waals surface area contributed by atoms with Crippen molar-refractivity contribution in [3.63, 3.8) is 0 Å². The molecule has 1 aliphatic heterocycles. The van der Waals surface area contributed by atoms with Gasteiger partial charge in [-0.05, 0) is 103 Å². The standard InChI is InChI=1S/C39H50FN3O4/c1-25(2)46-37(45)35(47-38(5,6)7)33-27(4)42-26(3)32(34(33)43-21-19-39(20-22-43)17-11-12-18-39)29-15-16-30(31(40)23-29)36(44)41-24-28-13-9-8-10-14-28/h8-10,13-16,23,25,35H,11-12,17-22,24H2,1-7H3,(H,41,44)/t35-/m0/s1. The second-order valence-corrected chi connectivity index (χ2v) is 14.6. The quantitative estimate of drug-likeness (QED) is 0.236. The van der Waals surface area contributed by atoms with Gasteiger partial charge in [-0.1, -0.05) is 49.2 Å². The molecule has 7 nitrogen and oxygen atoms in total. The second kappa shape index (κ2) is 14.1. The summed E-state index contributed by atoms with van der Waals surface area (Å²) in [6.07, 6.45) is 5.81. The summed E-state index contributed by atoms with van der Waals surface area (Å²) in [5, 5.41) is 2.83. The molecule has 8 heteroatoms. The maximum Gasteiger partial charge on any atom is 0.340 e. The lowest BCUT2D eigenvalue weighted by Gasteiger charge is -2.43. The van der Waals surface area contributed by atoms with Crippen molar-refractivity contribution in [1.29, 1.82) is 0 Å². The van der Waals surface area contributed by atoms with E-state index >= 15 is 4.39 Å². The highest BCUT2D eigenvalue weighted by Gasteiger charge is 2.41. The Balaban J connectivity index is 1.60. The number of esters is 1. The van der Waals surface area contributed by atoms with Crippen LogP contribution >= 0.6 is 0 Å². The van der Waals surface area contributed by atoms with Crippen molar-refractivity contribution >= 4 is 17.6 Å². The Morgan fingerprint density at radius 3 is 2.23 bits per heavy atom. The zero-order chi connectivity index (χ0) is 33.9. The van der Waals surface area contributed by atoms with E-state index in [0.29, 0.717) is 28.8 Å². The third kappa shape index (κ3) is 8.03. The third-order valence-corrected chi connectivity index (χ3v) is 9.48. The first-order chi connectivity index (χ1) is 22.3. The molecule has 1 atom stereocenters. The third-order valence-electron chi connectivity index (χ3n) is 9.48. The molecule has 1 N–H and O–H groups in total. The molecular weight excluding hydrogens is 593 g/mol. The number of ether oxygens (including phenoxy) is 2. The zero-order valence-electron chi connectivity index (χ0n) is 29.0. The van der Waals surface area contributed by atoms with Crippen molar-refractivity contribution in [2.24, 2.45) is 5.41 Å². The molecule has 1 aliphatic carbocycles. The number of rotatable bonds is 9. The summed E-state index contributed by atoms with van der Waals surface area (Å²) < 4.78 is 28.1. The predicted molar refractivity (Wildman–Crippen MR) is 184 cm³/mol. The van der Waals surface area contributed by atoms with Crippen LogP contribution in [0.1, 0.15) is 112 Å². The molecule has 1 saturated heterocycles.